The molecule has 0 spiro atoms. The summed E-state index contributed by atoms with van der Waals surface area (Å²) in [7, 11) is 8.48. The summed E-state index contributed by atoms with van der Waals surface area (Å²) in [5.41, 5.74) is 1.86. The fraction of sp³-hybridized carbons (Fsp3) is 0.333. The van der Waals surface area contributed by atoms with Gasteiger partial charge in [0, 0.05) is 13.8 Å². The molecule has 0 fully saturated rings. The first-order valence-electron chi connectivity index (χ1n) is 5.05. The number of carbonyl (C=O) groups is 1. The first-order chi connectivity index (χ1) is 7.52. The molecule has 0 aliphatic carbocycles. The van der Waals surface area contributed by atoms with Crippen molar-refractivity contribution in [3.8, 4) is 0 Å². The number of carbonyl (C=O) groups excluding carboxylic acids is 1. The maximum Gasteiger partial charge on any atom is 0.214 e. The van der Waals surface area contributed by atoms with Crippen molar-refractivity contribution in [2.24, 2.45) is 0 Å². The Balaban J connectivity index is 2.94. The van der Waals surface area contributed by atoms with Crippen LogP contribution in [0.4, 0.5) is 0 Å². The molecule has 0 N–H and O–H groups in total. The van der Waals surface area contributed by atoms with Crippen molar-refractivity contribution in [2.75, 3.05) is 28.2 Å². The smallest absolute Gasteiger partial charge is 0.214 e. The molecular weight excluding hydrogens is 219 g/mol. The standard InChI is InChI=1S/C12H17N2OP/c1-13(2)12(14(3)4)16-11(15)10-8-6-5-7-9-10/h5-9H,1-4H3. The van der Waals surface area contributed by atoms with Crippen molar-refractivity contribution in [3.63, 3.8) is 0 Å². The van der Waals surface area contributed by atoms with Crippen LogP contribution in [0.1, 0.15) is 10.4 Å². The maximum atomic E-state index is 12.0. The van der Waals surface area contributed by atoms with Crippen LogP contribution in [0.5, 0.6) is 0 Å². The van der Waals surface area contributed by atoms with Gasteiger partial charge in [-0.25, -0.2) is 0 Å². The van der Waals surface area contributed by atoms with E-state index in [9.17, 15) is 4.79 Å². The summed E-state index contributed by atoms with van der Waals surface area (Å²) >= 11 is 0. The molecule has 1 rings (SSSR count). The average Bonchev–Trinajstić information content (AvgIpc) is 2.25. The molecule has 0 aromatic heterocycles. The molecule has 0 radical (unpaired) electrons. The lowest BCUT2D eigenvalue weighted by atomic mass is 10.2. The second kappa shape index (κ2) is 5.90. The highest BCUT2D eigenvalue weighted by Gasteiger charge is 2.09. The van der Waals surface area contributed by atoms with E-state index in [-0.39, 0.29) is 5.52 Å². The van der Waals surface area contributed by atoms with Crippen molar-refractivity contribution in [3.05, 3.63) is 35.9 Å². The quantitative estimate of drug-likeness (QED) is 0.747. The average molecular weight is 236 g/mol. The molecule has 0 heterocycles. The highest BCUT2D eigenvalue weighted by molar-refractivity contribution is 7.59. The number of hydrogen-bond donors (Lipinski definition) is 0. The van der Waals surface area contributed by atoms with Crippen LogP contribution in [0.25, 0.3) is 0 Å². The molecule has 86 valence electrons. The lowest BCUT2D eigenvalue weighted by Gasteiger charge is -2.20. The molecule has 0 aliphatic rings. The summed E-state index contributed by atoms with van der Waals surface area (Å²) in [5.74, 6) is 0. The van der Waals surface area contributed by atoms with E-state index in [0.717, 1.165) is 11.1 Å². The third-order valence-electron chi connectivity index (χ3n) is 2.02. The molecule has 0 bridgehead atoms. The van der Waals surface area contributed by atoms with Gasteiger partial charge in [0.1, 0.15) is 0 Å². The Bertz CT molecular complexity index is 375. The summed E-state index contributed by atoms with van der Waals surface area (Å²) in [4.78, 5) is 15.9. The van der Waals surface area contributed by atoms with E-state index in [1.54, 1.807) is 0 Å². The number of hydrogen-bond acceptors (Lipinski definition) is 1. The van der Waals surface area contributed by atoms with E-state index >= 15 is 0 Å². The third kappa shape index (κ3) is 3.53. The molecule has 0 unspecified atom stereocenters. The molecule has 0 aliphatic heterocycles. The fourth-order valence-electron chi connectivity index (χ4n) is 1.34. The molecule has 0 amide bonds. The molecular formula is C12H17N2OP. The van der Waals surface area contributed by atoms with Gasteiger partial charge in [-0.3, -0.25) is 14.6 Å². The van der Waals surface area contributed by atoms with E-state index in [1.165, 1.54) is 0 Å². The topological polar surface area (TPSA) is 23.6 Å². The second-order valence-electron chi connectivity index (χ2n) is 3.87. The Morgan fingerprint density at radius 1 is 1.00 bits per heavy atom. The van der Waals surface area contributed by atoms with Gasteiger partial charge in [-0.1, -0.05) is 30.3 Å². The van der Waals surface area contributed by atoms with Crippen LogP contribution in [-0.4, -0.2) is 49.1 Å². The third-order valence-corrected chi connectivity index (χ3v) is 3.48. The van der Waals surface area contributed by atoms with E-state index in [4.69, 9.17) is 0 Å². The SMILES string of the molecule is CN(C)C(=PC(=O)c1ccccc1)N(C)C. The Morgan fingerprint density at radius 3 is 1.94 bits per heavy atom. The van der Waals surface area contributed by atoms with Gasteiger partial charge < -0.3 is 0 Å². The molecule has 4 heteroatoms. The normalized spacial score (nSPS) is 11.1. The van der Waals surface area contributed by atoms with Crippen LogP contribution in [0.2, 0.25) is 0 Å². The van der Waals surface area contributed by atoms with Gasteiger partial charge in [0.25, 0.3) is 0 Å². The number of rotatable bonds is 4. The Morgan fingerprint density at radius 2 is 1.50 bits per heavy atom. The lowest BCUT2D eigenvalue weighted by molar-refractivity contribution is 0.108. The molecule has 3 nitrogen and oxygen atoms in total. The van der Waals surface area contributed by atoms with E-state index < -0.39 is 0 Å². The minimum Gasteiger partial charge on any atom is -0.284 e. The molecule has 1 aromatic rings. The second-order valence-corrected chi connectivity index (χ2v) is 4.90. The van der Waals surface area contributed by atoms with Gasteiger partial charge in [0.05, 0.1) is 5.54 Å². The van der Waals surface area contributed by atoms with Crippen molar-refractivity contribution in [1.82, 2.24) is 9.80 Å². The fourth-order valence-corrected chi connectivity index (χ4v) is 2.20. The summed E-state index contributed by atoms with van der Waals surface area (Å²) in [5, 5.41) is 0. The number of benzene rings is 1. The minimum atomic E-state index is 0.123. The predicted molar refractivity (Wildman–Crippen MR) is 70.1 cm³/mol. The van der Waals surface area contributed by atoms with Gasteiger partial charge in [-0.2, -0.15) is 0 Å². The summed E-state index contributed by atoms with van der Waals surface area (Å²) in [6.45, 7) is 0. The monoisotopic (exact) mass is 236 g/mol. The van der Waals surface area contributed by atoms with Gasteiger partial charge in [-0.05, 0) is 28.2 Å². The predicted octanol–water partition coefficient (Wildman–Crippen LogP) is 1.98. The highest BCUT2D eigenvalue weighted by atomic mass is 31.1. The lowest BCUT2D eigenvalue weighted by Crippen LogP contribution is -2.33. The van der Waals surface area contributed by atoms with Crippen LogP contribution in [0.15, 0.2) is 30.3 Å². The largest absolute Gasteiger partial charge is 0.284 e. The molecule has 0 atom stereocenters. The molecule has 0 saturated heterocycles. The van der Waals surface area contributed by atoms with E-state index in [2.05, 4.69) is 0 Å². The maximum absolute atomic E-state index is 12.0. The van der Waals surface area contributed by atoms with Gasteiger partial charge in [0.2, 0.25) is 5.52 Å². The highest BCUT2D eigenvalue weighted by Crippen LogP contribution is 2.13. The minimum absolute atomic E-state index is 0.123. The zero-order valence-electron chi connectivity index (χ0n) is 10.1. The summed E-state index contributed by atoms with van der Waals surface area (Å²) < 4.78 is 0. The zero-order chi connectivity index (χ0) is 12.1. The Kier molecular flexibility index (Phi) is 4.81. The number of nitrogens with zero attached hydrogens (tertiary/aromatic N) is 2. The van der Waals surface area contributed by atoms with Crippen molar-refractivity contribution < 1.29 is 4.79 Å². The molecule has 16 heavy (non-hydrogen) atoms. The Labute approximate surface area is 98.5 Å². The van der Waals surface area contributed by atoms with Crippen LogP contribution in [0, 0.1) is 0 Å². The first-order valence-corrected chi connectivity index (χ1v) is 5.94. The van der Waals surface area contributed by atoms with Crippen LogP contribution in [0.3, 0.4) is 0 Å². The van der Waals surface area contributed by atoms with Crippen molar-refractivity contribution in [2.45, 2.75) is 0 Å². The van der Waals surface area contributed by atoms with Gasteiger partial charge >= 0.3 is 0 Å². The Hall–Kier alpha value is -1.02. The first kappa shape index (κ1) is 13.0. The van der Waals surface area contributed by atoms with E-state index in [1.807, 2.05) is 68.3 Å². The van der Waals surface area contributed by atoms with Crippen LogP contribution >= 0.6 is 8.20 Å². The van der Waals surface area contributed by atoms with Crippen molar-refractivity contribution in [1.29, 1.82) is 0 Å². The summed E-state index contributed by atoms with van der Waals surface area (Å²) in [6.07, 6.45) is 0. The van der Waals surface area contributed by atoms with Crippen LogP contribution in [-0.2, 0) is 0 Å². The van der Waals surface area contributed by atoms with Gasteiger partial charge in [0.15, 0.2) is 0 Å². The van der Waals surface area contributed by atoms with Crippen molar-refractivity contribution >= 4 is 19.3 Å². The molecule has 0 saturated carbocycles. The summed E-state index contributed by atoms with van der Waals surface area (Å²) in [6, 6.07) is 9.37. The zero-order valence-corrected chi connectivity index (χ0v) is 11.0. The van der Waals surface area contributed by atoms with E-state index in [0.29, 0.717) is 8.20 Å². The van der Waals surface area contributed by atoms with Gasteiger partial charge in [-0.15, -0.1) is 0 Å². The molecule has 1 aromatic carbocycles. The van der Waals surface area contributed by atoms with Crippen LogP contribution < -0.4 is 0 Å².